The smallest absolute Gasteiger partial charge is 0.255 e. The summed E-state index contributed by atoms with van der Waals surface area (Å²) in [6.45, 7) is 1.44. The number of nitrogens with one attached hydrogen (secondary N) is 1. The van der Waals surface area contributed by atoms with Crippen molar-refractivity contribution in [1.29, 1.82) is 0 Å². The summed E-state index contributed by atoms with van der Waals surface area (Å²) in [5.74, 6) is 1.17. The van der Waals surface area contributed by atoms with Gasteiger partial charge in [0.2, 0.25) is 5.75 Å². The topological polar surface area (TPSA) is 60.0 Å². The Labute approximate surface area is 144 Å². The number of hydrogen-bond acceptors (Lipinski definition) is 5. The number of amides is 1. The van der Waals surface area contributed by atoms with Crippen LogP contribution in [0.5, 0.6) is 17.2 Å². The molecule has 1 amide bonds. The summed E-state index contributed by atoms with van der Waals surface area (Å²) < 4.78 is 15.9. The van der Waals surface area contributed by atoms with E-state index in [1.54, 1.807) is 19.2 Å². The van der Waals surface area contributed by atoms with E-state index in [9.17, 15) is 4.79 Å². The third kappa shape index (κ3) is 4.12. The maximum atomic E-state index is 12.5. The molecule has 1 fully saturated rings. The molecular formula is C18H28N2O4. The van der Waals surface area contributed by atoms with Crippen LogP contribution < -0.4 is 19.5 Å². The van der Waals surface area contributed by atoms with Gasteiger partial charge in [0.1, 0.15) is 0 Å². The van der Waals surface area contributed by atoms with E-state index in [0.717, 1.165) is 6.54 Å². The number of benzene rings is 1. The number of methoxy groups -OCH3 is 3. The van der Waals surface area contributed by atoms with Crippen LogP contribution in [-0.2, 0) is 0 Å². The van der Waals surface area contributed by atoms with Crippen LogP contribution in [0.1, 0.15) is 36.0 Å². The van der Waals surface area contributed by atoms with E-state index in [-0.39, 0.29) is 5.91 Å². The fourth-order valence-electron chi connectivity index (χ4n) is 3.25. The van der Waals surface area contributed by atoms with Crippen LogP contribution in [0.25, 0.3) is 0 Å². The summed E-state index contributed by atoms with van der Waals surface area (Å²) in [4.78, 5) is 14.8. The first-order valence-corrected chi connectivity index (χ1v) is 8.39. The first kappa shape index (κ1) is 18.4. The fraction of sp³-hybridized carbons (Fsp3) is 0.611. The van der Waals surface area contributed by atoms with Gasteiger partial charge in [0, 0.05) is 19.1 Å². The van der Waals surface area contributed by atoms with E-state index in [2.05, 4.69) is 17.3 Å². The van der Waals surface area contributed by atoms with Crippen molar-refractivity contribution in [3.8, 4) is 17.2 Å². The molecule has 0 unspecified atom stereocenters. The molecule has 6 nitrogen and oxygen atoms in total. The van der Waals surface area contributed by atoms with Crippen molar-refractivity contribution in [1.82, 2.24) is 10.2 Å². The number of hydrogen-bond donors (Lipinski definition) is 1. The predicted octanol–water partition coefficient (Wildman–Crippen LogP) is 2.32. The second-order valence-corrected chi connectivity index (χ2v) is 6.06. The third-order valence-corrected chi connectivity index (χ3v) is 4.65. The van der Waals surface area contributed by atoms with Gasteiger partial charge in [0.05, 0.1) is 26.9 Å². The largest absolute Gasteiger partial charge is 0.493 e. The number of likely N-dealkylation sites (N-methyl/N-ethyl adjacent to an activating group) is 1. The summed E-state index contributed by atoms with van der Waals surface area (Å²) in [6.07, 6.45) is 5.14. The van der Waals surface area contributed by atoms with Crippen LogP contribution in [0.2, 0.25) is 0 Å². The minimum Gasteiger partial charge on any atom is -0.493 e. The molecule has 0 spiro atoms. The van der Waals surface area contributed by atoms with Crippen LogP contribution in [0, 0.1) is 0 Å². The summed E-state index contributed by atoms with van der Waals surface area (Å²) in [6, 6.07) is 4.05. The SMILES string of the molecule is COc1ccc(C(=O)NCCN(C)C2CCCC2)c(OC)c1OC. The third-order valence-electron chi connectivity index (χ3n) is 4.65. The number of carbonyl (C=O) groups is 1. The molecule has 2 rings (SSSR count). The van der Waals surface area contributed by atoms with Crippen molar-refractivity contribution in [2.45, 2.75) is 31.7 Å². The molecule has 0 saturated heterocycles. The zero-order valence-corrected chi connectivity index (χ0v) is 15.1. The lowest BCUT2D eigenvalue weighted by atomic mass is 10.1. The summed E-state index contributed by atoms with van der Waals surface area (Å²) in [5.41, 5.74) is 0.443. The number of nitrogens with zero attached hydrogens (tertiary/aromatic N) is 1. The van der Waals surface area contributed by atoms with Crippen molar-refractivity contribution in [3.63, 3.8) is 0 Å². The first-order valence-electron chi connectivity index (χ1n) is 8.39. The Balaban J connectivity index is 1.98. The molecule has 0 aromatic heterocycles. The summed E-state index contributed by atoms with van der Waals surface area (Å²) in [5, 5.41) is 2.96. The number of carbonyl (C=O) groups excluding carboxylic acids is 1. The minimum atomic E-state index is -0.173. The molecule has 134 valence electrons. The fourth-order valence-corrected chi connectivity index (χ4v) is 3.25. The Hall–Kier alpha value is -1.95. The molecular weight excluding hydrogens is 308 g/mol. The highest BCUT2D eigenvalue weighted by Crippen LogP contribution is 2.39. The zero-order chi connectivity index (χ0) is 17.5. The van der Waals surface area contributed by atoms with Crippen molar-refractivity contribution in [2.75, 3.05) is 41.5 Å². The molecule has 1 aliphatic rings. The van der Waals surface area contributed by atoms with Crippen molar-refractivity contribution in [3.05, 3.63) is 17.7 Å². The molecule has 1 aromatic carbocycles. The van der Waals surface area contributed by atoms with Crippen LogP contribution in [0.3, 0.4) is 0 Å². The predicted molar refractivity (Wildman–Crippen MR) is 93.3 cm³/mol. The highest BCUT2D eigenvalue weighted by atomic mass is 16.5. The Morgan fingerprint density at radius 3 is 2.38 bits per heavy atom. The number of rotatable bonds is 8. The van der Waals surface area contributed by atoms with Crippen molar-refractivity contribution in [2.24, 2.45) is 0 Å². The molecule has 1 aliphatic carbocycles. The van der Waals surface area contributed by atoms with Crippen molar-refractivity contribution >= 4 is 5.91 Å². The van der Waals surface area contributed by atoms with Gasteiger partial charge in [-0.1, -0.05) is 12.8 Å². The van der Waals surface area contributed by atoms with E-state index in [1.807, 2.05) is 0 Å². The van der Waals surface area contributed by atoms with Crippen LogP contribution >= 0.6 is 0 Å². The standard InChI is InChI=1S/C18H28N2O4/c1-20(13-7-5-6-8-13)12-11-19-18(21)14-9-10-15(22-2)17(24-4)16(14)23-3/h9-10,13H,5-8,11-12H2,1-4H3,(H,19,21). The monoisotopic (exact) mass is 336 g/mol. The highest BCUT2D eigenvalue weighted by Gasteiger charge is 2.22. The Morgan fingerprint density at radius 2 is 1.79 bits per heavy atom. The summed E-state index contributed by atoms with van der Waals surface area (Å²) in [7, 11) is 6.72. The molecule has 24 heavy (non-hydrogen) atoms. The van der Waals surface area contributed by atoms with Gasteiger partial charge in [-0.15, -0.1) is 0 Å². The van der Waals surface area contributed by atoms with Crippen LogP contribution in [-0.4, -0.2) is 58.3 Å². The average Bonchev–Trinajstić information content (AvgIpc) is 3.14. The van der Waals surface area contributed by atoms with Gasteiger partial charge in [-0.2, -0.15) is 0 Å². The average molecular weight is 336 g/mol. The Morgan fingerprint density at radius 1 is 1.12 bits per heavy atom. The maximum absolute atomic E-state index is 12.5. The lowest BCUT2D eigenvalue weighted by molar-refractivity contribution is 0.0943. The Bertz CT molecular complexity index is 556. The first-order chi connectivity index (χ1) is 11.6. The second kappa shape index (κ2) is 8.78. The number of ether oxygens (including phenoxy) is 3. The van der Waals surface area contributed by atoms with Crippen LogP contribution in [0.15, 0.2) is 12.1 Å². The van der Waals surface area contributed by atoms with Gasteiger partial charge in [0.25, 0.3) is 5.91 Å². The lowest BCUT2D eigenvalue weighted by Gasteiger charge is -2.24. The van der Waals surface area contributed by atoms with E-state index < -0.39 is 0 Å². The van der Waals surface area contributed by atoms with E-state index in [4.69, 9.17) is 14.2 Å². The minimum absolute atomic E-state index is 0.173. The molecule has 0 aliphatic heterocycles. The lowest BCUT2D eigenvalue weighted by Crippen LogP contribution is -2.37. The van der Waals surface area contributed by atoms with Gasteiger partial charge in [-0.05, 0) is 32.0 Å². The van der Waals surface area contributed by atoms with E-state index >= 15 is 0 Å². The van der Waals surface area contributed by atoms with E-state index in [1.165, 1.54) is 39.9 Å². The van der Waals surface area contributed by atoms with Crippen LogP contribution in [0.4, 0.5) is 0 Å². The van der Waals surface area contributed by atoms with Crippen molar-refractivity contribution < 1.29 is 19.0 Å². The molecule has 1 aromatic rings. The maximum Gasteiger partial charge on any atom is 0.255 e. The molecule has 0 bridgehead atoms. The van der Waals surface area contributed by atoms with Gasteiger partial charge >= 0.3 is 0 Å². The molecule has 0 radical (unpaired) electrons. The zero-order valence-electron chi connectivity index (χ0n) is 15.1. The summed E-state index contributed by atoms with van der Waals surface area (Å²) >= 11 is 0. The molecule has 0 heterocycles. The van der Waals surface area contributed by atoms with Gasteiger partial charge < -0.3 is 24.4 Å². The molecule has 0 atom stereocenters. The molecule has 6 heteroatoms. The van der Waals surface area contributed by atoms with Gasteiger partial charge in [0.15, 0.2) is 11.5 Å². The quantitative estimate of drug-likeness (QED) is 0.789. The van der Waals surface area contributed by atoms with E-state index in [0.29, 0.717) is 35.4 Å². The van der Waals surface area contributed by atoms with Gasteiger partial charge in [-0.3, -0.25) is 4.79 Å². The second-order valence-electron chi connectivity index (χ2n) is 6.06. The highest BCUT2D eigenvalue weighted by molar-refractivity contribution is 5.98. The van der Waals surface area contributed by atoms with Gasteiger partial charge in [-0.25, -0.2) is 0 Å². The molecule has 1 N–H and O–H groups in total. The Kier molecular flexibility index (Phi) is 6.73. The molecule has 1 saturated carbocycles. The normalized spacial score (nSPS) is 14.7.